The molecule has 2 aromatic rings. The molecular weight excluding hydrogens is 480 g/mol. The molecule has 1 aliphatic heterocycles. The number of hydrogen-bond donors (Lipinski definition) is 0. The standard InChI is InChI=1S/C23H26N2O5S3/c1-4-6-7-13-30-19-15-17(10-11-18(19)29-3)16-20-22(26)25(12-5-2)23(32-20)24-33(27,28)21-9-8-14-31-21/h5,8-11,14-16H,2,4,6-7,12-13H2,1,3H3. The summed E-state index contributed by atoms with van der Waals surface area (Å²) in [7, 11) is -2.33. The van der Waals surface area contributed by atoms with Gasteiger partial charge in [0.05, 0.1) is 18.6 Å². The highest BCUT2D eigenvalue weighted by atomic mass is 32.2. The van der Waals surface area contributed by atoms with Gasteiger partial charge in [-0.1, -0.05) is 38.0 Å². The number of rotatable bonds is 11. The molecule has 1 fully saturated rings. The second-order valence-corrected chi connectivity index (χ2v) is 10.8. The zero-order chi connectivity index (χ0) is 23.8. The van der Waals surface area contributed by atoms with Crippen LogP contribution >= 0.6 is 23.1 Å². The Labute approximate surface area is 202 Å². The van der Waals surface area contributed by atoms with E-state index < -0.39 is 10.0 Å². The van der Waals surface area contributed by atoms with Gasteiger partial charge < -0.3 is 9.47 Å². The van der Waals surface area contributed by atoms with Gasteiger partial charge in [0.15, 0.2) is 16.7 Å². The molecule has 7 nitrogen and oxygen atoms in total. The average Bonchev–Trinajstić information content (AvgIpc) is 3.43. The zero-order valence-electron chi connectivity index (χ0n) is 18.5. The summed E-state index contributed by atoms with van der Waals surface area (Å²) >= 11 is 2.10. The van der Waals surface area contributed by atoms with Crippen LogP contribution in [0.15, 0.2) is 61.9 Å². The molecule has 0 unspecified atom stereocenters. The summed E-state index contributed by atoms with van der Waals surface area (Å²) in [6, 6.07) is 8.53. The number of carbonyl (C=O) groups is 1. The molecule has 1 aliphatic rings. The molecule has 0 atom stereocenters. The molecule has 33 heavy (non-hydrogen) atoms. The van der Waals surface area contributed by atoms with Crippen LogP contribution in [0.3, 0.4) is 0 Å². The molecule has 0 bridgehead atoms. The van der Waals surface area contributed by atoms with Crippen LogP contribution in [0.5, 0.6) is 11.5 Å². The minimum atomic E-state index is -3.91. The maximum Gasteiger partial charge on any atom is 0.294 e. The number of hydrogen-bond acceptors (Lipinski definition) is 7. The van der Waals surface area contributed by atoms with E-state index in [2.05, 4.69) is 17.9 Å². The number of sulfonamides is 1. The van der Waals surface area contributed by atoms with Gasteiger partial charge in [-0.05, 0) is 53.4 Å². The lowest BCUT2D eigenvalue weighted by Crippen LogP contribution is -2.29. The third kappa shape index (κ3) is 6.27. The molecule has 1 amide bonds. The molecule has 0 aliphatic carbocycles. The molecule has 1 aromatic carbocycles. The fourth-order valence-electron chi connectivity index (χ4n) is 3.01. The summed E-state index contributed by atoms with van der Waals surface area (Å²) in [6.07, 6.45) is 6.34. The van der Waals surface area contributed by atoms with Crippen molar-refractivity contribution in [2.45, 2.75) is 30.4 Å². The molecule has 0 N–H and O–H groups in total. The van der Waals surface area contributed by atoms with E-state index in [-0.39, 0.29) is 21.8 Å². The van der Waals surface area contributed by atoms with E-state index >= 15 is 0 Å². The van der Waals surface area contributed by atoms with Crippen molar-refractivity contribution >= 4 is 50.3 Å². The van der Waals surface area contributed by atoms with Gasteiger partial charge >= 0.3 is 0 Å². The fourth-order valence-corrected chi connectivity index (χ4v) is 6.16. The topological polar surface area (TPSA) is 85.3 Å². The number of benzene rings is 1. The predicted octanol–water partition coefficient (Wildman–Crippen LogP) is 5.17. The molecule has 1 saturated heterocycles. The molecule has 0 saturated carbocycles. The van der Waals surface area contributed by atoms with Crippen LogP contribution in [0.25, 0.3) is 6.08 Å². The molecule has 0 radical (unpaired) electrons. The van der Waals surface area contributed by atoms with Crippen LogP contribution in [-0.4, -0.2) is 44.7 Å². The van der Waals surface area contributed by atoms with Crippen LogP contribution in [0.1, 0.15) is 31.7 Å². The Bertz CT molecular complexity index is 1150. The van der Waals surface area contributed by atoms with E-state index in [4.69, 9.17) is 9.47 Å². The zero-order valence-corrected chi connectivity index (χ0v) is 21.0. The second-order valence-electron chi connectivity index (χ2n) is 7.06. The van der Waals surface area contributed by atoms with Gasteiger partial charge in [0.1, 0.15) is 4.21 Å². The number of amides is 1. The van der Waals surface area contributed by atoms with E-state index in [9.17, 15) is 13.2 Å². The summed E-state index contributed by atoms with van der Waals surface area (Å²) in [4.78, 5) is 14.7. The van der Waals surface area contributed by atoms with Crippen molar-refractivity contribution < 1.29 is 22.7 Å². The third-order valence-electron chi connectivity index (χ3n) is 4.64. The molecule has 0 spiro atoms. The van der Waals surface area contributed by atoms with Gasteiger partial charge in [0.2, 0.25) is 0 Å². The highest BCUT2D eigenvalue weighted by molar-refractivity contribution is 8.19. The van der Waals surface area contributed by atoms with Gasteiger partial charge in [-0.3, -0.25) is 9.69 Å². The van der Waals surface area contributed by atoms with Crippen LogP contribution in [-0.2, 0) is 14.8 Å². The Morgan fingerprint density at radius 1 is 1.21 bits per heavy atom. The fraction of sp³-hybridized carbons (Fsp3) is 0.304. The summed E-state index contributed by atoms with van der Waals surface area (Å²) in [6.45, 7) is 6.51. The molecule has 3 rings (SSSR count). The lowest BCUT2D eigenvalue weighted by molar-refractivity contribution is -0.121. The Kier molecular flexibility index (Phi) is 8.76. The summed E-state index contributed by atoms with van der Waals surface area (Å²) in [5.74, 6) is 0.869. The lowest BCUT2D eigenvalue weighted by Gasteiger charge is -2.12. The van der Waals surface area contributed by atoms with Crippen LogP contribution in [0.4, 0.5) is 0 Å². The van der Waals surface area contributed by atoms with Crippen molar-refractivity contribution in [1.29, 1.82) is 0 Å². The minimum Gasteiger partial charge on any atom is -0.493 e. The van der Waals surface area contributed by atoms with Crippen LogP contribution in [0, 0.1) is 0 Å². The van der Waals surface area contributed by atoms with Crippen molar-refractivity contribution in [1.82, 2.24) is 4.90 Å². The Balaban J connectivity index is 1.89. The SMILES string of the molecule is C=CCN1C(=O)C(=Cc2ccc(OC)c(OCCCCC)c2)SC1=NS(=O)(=O)c1cccs1. The lowest BCUT2D eigenvalue weighted by atomic mass is 10.2. The van der Waals surface area contributed by atoms with Gasteiger partial charge in [0.25, 0.3) is 15.9 Å². The van der Waals surface area contributed by atoms with E-state index in [1.54, 1.807) is 36.8 Å². The number of unbranched alkanes of at least 4 members (excludes halogenated alkanes) is 2. The van der Waals surface area contributed by atoms with Crippen LogP contribution in [0.2, 0.25) is 0 Å². The van der Waals surface area contributed by atoms with Crippen molar-refractivity contribution in [3.8, 4) is 11.5 Å². The first-order chi connectivity index (χ1) is 15.9. The van der Waals surface area contributed by atoms with Crippen LogP contribution < -0.4 is 9.47 Å². The van der Waals surface area contributed by atoms with Crippen molar-refractivity contribution in [2.75, 3.05) is 20.3 Å². The molecule has 2 heterocycles. The largest absolute Gasteiger partial charge is 0.493 e. The smallest absolute Gasteiger partial charge is 0.294 e. The highest BCUT2D eigenvalue weighted by Gasteiger charge is 2.34. The minimum absolute atomic E-state index is 0.101. The predicted molar refractivity (Wildman–Crippen MR) is 134 cm³/mol. The normalized spacial score (nSPS) is 16.5. The van der Waals surface area contributed by atoms with Gasteiger partial charge in [-0.2, -0.15) is 8.42 Å². The molecule has 1 aromatic heterocycles. The van der Waals surface area contributed by atoms with Gasteiger partial charge in [-0.15, -0.1) is 22.3 Å². The summed E-state index contributed by atoms with van der Waals surface area (Å²) in [5, 5.41) is 1.77. The monoisotopic (exact) mass is 506 g/mol. The average molecular weight is 507 g/mol. The number of nitrogens with zero attached hydrogens (tertiary/aromatic N) is 2. The number of carbonyl (C=O) groups excluding carboxylic acids is 1. The molecule has 176 valence electrons. The second kappa shape index (κ2) is 11.5. The Hall–Kier alpha value is -2.56. The summed E-state index contributed by atoms with van der Waals surface area (Å²) < 4.78 is 40.6. The van der Waals surface area contributed by atoms with E-state index in [0.717, 1.165) is 47.9 Å². The number of amidine groups is 1. The Morgan fingerprint density at radius 3 is 2.70 bits per heavy atom. The number of methoxy groups -OCH3 is 1. The van der Waals surface area contributed by atoms with Gasteiger partial charge in [0, 0.05) is 6.54 Å². The highest BCUT2D eigenvalue weighted by Crippen LogP contribution is 2.36. The van der Waals surface area contributed by atoms with E-state index in [1.807, 2.05) is 6.07 Å². The molecular formula is C23H26N2O5S3. The number of thioether (sulfide) groups is 1. The first-order valence-electron chi connectivity index (χ1n) is 10.4. The number of thiophene rings is 1. The maximum atomic E-state index is 13.0. The van der Waals surface area contributed by atoms with Crippen molar-refractivity contribution in [3.05, 3.63) is 58.8 Å². The first kappa shape index (κ1) is 25.1. The van der Waals surface area contributed by atoms with E-state index in [0.29, 0.717) is 23.0 Å². The molecule has 10 heteroatoms. The van der Waals surface area contributed by atoms with E-state index in [1.165, 1.54) is 17.0 Å². The Morgan fingerprint density at radius 2 is 2.03 bits per heavy atom. The first-order valence-corrected chi connectivity index (χ1v) is 13.5. The third-order valence-corrected chi connectivity index (χ3v) is 8.40. The number of ether oxygens (including phenoxy) is 2. The van der Waals surface area contributed by atoms with Crippen molar-refractivity contribution in [3.63, 3.8) is 0 Å². The van der Waals surface area contributed by atoms with Gasteiger partial charge in [-0.25, -0.2) is 0 Å². The quantitative estimate of drug-likeness (QED) is 0.237. The summed E-state index contributed by atoms with van der Waals surface area (Å²) in [5.41, 5.74) is 0.734. The maximum absolute atomic E-state index is 13.0. The van der Waals surface area contributed by atoms with Crippen molar-refractivity contribution in [2.24, 2.45) is 4.40 Å².